The van der Waals surface area contributed by atoms with E-state index in [1.165, 1.54) is 5.56 Å². The molecule has 0 fully saturated rings. The highest BCUT2D eigenvalue weighted by Crippen LogP contribution is 2.42. The fourth-order valence-electron chi connectivity index (χ4n) is 7.42. The maximum Gasteiger partial charge on any atom is 0.164 e. The standard InChI is InChI=1S/C51H33N3O/c1-5-16-34(17-6-1)38-24-13-25-39(30-38)40-31-41(44-27-15-29-46-45-28-14-26-43(47(45)55-48(44)46)35-18-7-2-8-19-35)33-42(32-40)51-53-49(36-20-9-3-10-21-36)52-50(54-51)37-22-11-4-12-23-37/h1-33H. The molecule has 0 aliphatic rings. The van der Waals surface area contributed by atoms with E-state index in [1.54, 1.807) is 0 Å². The monoisotopic (exact) mass is 703 g/mol. The lowest BCUT2D eigenvalue weighted by Crippen LogP contribution is -2.00. The van der Waals surface area contributed by atoms with Crippen LogP contribution in [0.2, 0.25) is 0 Å². The van der Waals surface area contributed by atoms with Crippen LogP contribution in [0.15, 0.2) is 205 Å². The van der Waals surface area contributed by atoms with Crippen molar-refractivity contribution in [3.05, 3.63) is 200 Å². The molecule has 10 rings (SSSR count). The summed E-state index contributed by atoms with van der Waals surface area (Å²) in [6.45, 7) is 0. The summed E-state index contributed by atoms with van der Waals surface area (Å²) in [6.07, 6.45) is 0. The van der Waals surface area contributed by atoms with Gasteiger partial charge in [-0.1, -0.05) is 176 Å². The highest BCUT2D eigenvalue weighted by molar-refractivity contribution is 6.13. The molecule has 8 aromatic carbocycles. The van der Waals surface area contributed by atoms with Gasteiger partial charge in [0.15, 0.2) is 17.5 Å². The van der Waals surface area contributed by atoms with Gasteiger partial charge in [0.25, 0.3) is 0 Å². The Balaban J connectivity index is 1.21. The van der Waals surface area contributed by atoms with Gasteiger partial charge < -0.3 is 4.42 Å². The van der Waals surface area contributed by atoms with Gasteiger partial charge in [-0.3, -0.25) is 0 Å². The van der Waals surface area contributed by atoms with Gasteiger partial charge in [-0.15, -0.1) is 0 Å². The third kappa shape index (κ3) is 6.16. The predicted molar refractivity (Wildman–Crippen MR) is 225 cm³/mol. The number of para-hydroxylation sites is 2. The zero-order valence-corrected chi connectivity index (χ0v) is 29.8. The Morgan fingerprint density at radius 1 is 0.255 bits per heavy atom. The first kappa shape index (κ1) is 32.2. The average Bonchev–Trinajstić information content (AvgIpc) is 3.67. The zero-order valence-electron chi connectivity index (χ0n) is 29.8. The van der Waals surface area contributed by atoms with E-state index >= 15 is 0 Å². The van der Waals surface area contributed by atoms with E-state index < -0.39 is 0 Å². The average molecular weight is 704 g/mol. The normalized spacial score (nSPS) is 11.3. The van der Waals surface area contributed by atoms with Gasteiger partial charge in [0.2, 0.25) is 0 Å². The summed E-state index contributed by atoms with van der Waals surface area (Å²) in [5.74, 6) is 1.84. The summed E-state index contributed by atoms with van der Waals surface area (Å²) in [5.41, 5.74) is 13.1. The van der Waals surface area contributed by atoms with Crippen molar-refractivity contribution in [2.45, 2.75) is 0 Å². The molecule has 0 N–H and O–H groups in total. The van der Waals surface area contributed by atoms with Gasteiger partial charge in [0.1, 0.15) is 11.2 Å². The second-order valence-corrected chi connectivity index (χ2v) is 13.6. The minimum absolute atomic E-state index is 0.596. The van der Waals surface area contributed by atoms with E-state index in [9.17, 15) is 0 Å². The molecule has 0 spiro atoms. The summed E-state index contributed by atoms with van der Waals surface area (Å²) >= 11 is 0. The molecule has 0 amide bonds. The molecular weight excluding hydrogens is 671 g/mol. The Morgan fingerprint density at radius 2 is 0.618 bits per heavy atom. The van der Waals surface area contributed by atoms with Crippen molar-refractivity contribution in [2.75, 3.05) is 0 Å². The number of rotatable bonds is 7. The minimum atomic E-state index is 0.596. The van der Waals surface area contributed by atoms with Crippen LogP contribution in [-0.2, 0) is 0 Å². The van der Waals surface area contributed by atoms with E-state index in [-0.39, 0.29) is 0 Å². The Labute approximate surface area is 319 Å². The van der Waals surface area contributed by atoms with Gasteiger partial charge in [-0.2, -0.15) is 0 Å². The smallest absolute Gasteiger partial charge is 0.164 e. The molecule has 0 saturated heterocycles. The number of fused-ring (bicyclic) bond motifs is 3. The van der Waals surface area contributed by atoms with Gasteiger partial charge in [-0.05, 0) is 57.6 Å². The van der Waals surface area contributed by atoms with Gasteiger partial charge in [-0.25, -0.2) is 15.0 Å². The molecule has 10 aromatic rings. The Hall–Kier alpha value is -7.43. The zero-order chi connectivity index (χ0) is 36.6. The molecule has 55 heavy (non-hydrogen) atoms. The lowest BCUT2D eigenvalue weighted by Gasteiger charge is -2.13. The van der Waals surface area contributed by atoms with Crippen molar-refractivity contribution in [3.8, 4) is 78.7 Å². The molecule has 0 bridgehead atoms. The summed E-state index contributed by atoms with van der Waals surface area (Å²) in [4.78, 5) is 15.2. The maximum absolute atomic E-state index is 6.90. The third-order valence-corrected chi connectivity index (χ3v) is 10.1. The largest absolute Gasteiger partial charge is 0.455 e. The first-order chi connectivity index (χ1) is 27.2. The number of hydrogen-bond donors (Lipinski definition) is 0. The Kier molecular flexibility index (Phi) is 8.12. The molecule has 0 radical (unpaired) electrons. The Bertz CT molecular complexity index is 2900. The van der Waals surface area contributed by atoms with Crippen LogP contribution in [0.1, 0.15) is 0 Å². The second-order valence-electron chi connectivity index (χ2n) is 13.6. The van der Waals surface area contributed by atoms with Crippen LogP contribution < -0.4 is 0 Å². The highest BCUT2D eigenvalue weighted by Gasteiger charge is 2.19. The number of benzene rings is 8. The lowest BCUT2D eigenvalue weighted by atomic mass is 9.93. The number of hydrogen-bond acceptors (Lipinski definition) is 4. The molecule has 0 aliphatic heterocycles. The summed E-state index contributed by atoms with van der Waals surface area (Å²) in [6, 6.07) is 69.3. The van der Waals surface area contributed by atoms with E-state index in [0.717, 1.165) is 77.6 Å². The molecule has 2 aromatic heterocycles. The quantitative estimate of drug-likeness (QED) is 0.166. The van der Waals surface area contributed by atoms with Crippen molar-refractivity contribution in [3.63, 3.8) is 0 Å². The minimum Gasteiger partial charge on any atom is -0.455 e. The Morgan fingerprint density at radius 3 is 1.16 bits per heavy atom. The van der Waals surface area contributed by atoms with E-state index in [2.05, 4.69) is 127 Å². The van der Waals surface area contributed by atoms with Crippen LogP contribution >= 0.6 is 0 Å². The molecule has 4 nitrogen and oxygen atoms in total. The molecule has 2 heterocycles. The molecule has 4 heteroatoms. The fraction of sp³-hybridized carbons (Fsp3) is 0. The van der Waals surface area contributed by atoms with Crippen LogP contribution in [0.5, 0.6) is 0 Å². The molecule has 0 saturated carbocycles. The van der Waals surface area contributed by atoms with Gasteiger partial charge >= 0.3 is 0 Å². The van der Waals surface area contributed by atoms with Crippen LogP contribution in [0.25, 0.3) is 101 Å². The van der Waals surface area contributed by atoms with Gasteiger partial charge in [0.05, 0.1) is 0 Å². The second kappa shape index (κ2) is 13.8. The summed E-state index contributed by atoms with van der Waals surface area (Å²) < 4.78 is 6.90. The van der Waals surface area contributed by atoms with E-state index in [4.69, 9.17) is 19.4 Å². The van der Waals surface area contributed by atoms with Crippen LogP contribution in [0.4, 0.5) is 0 Å². The first-order valence-corrected chi connectivity index (χ1v) is 18.4. The van der Waals surface area contributed by atoms with Crippen molar-refractivity contribution >= 4 is 21.9 Å². The third-order valence-electron chi connectivity index (χ3n) is 10.1. The highest BCUT2D eigenvalue weighted by atomic mass is 16.3. The maximum atomic E-state index is 6.90. The molecular formula is C51H33N3O. The van der Waals surface area contributed by atoms with Gasteiger partial charge in [0, 0.05) is 38.6 Å². The van der Waals surface area contributed by atoms with Crippen molar-refractivity contribution in [2.24, 2.45) is 0 Å². The fourth-order valence-corrected chi connectivity index (χ4v) is 7.42. The van der Waals surface area contributed by atoms with Crippen molar-refractivity contribution in [1.82, 2.24) is 15.0 Å². The van der Waals surface area contributed by atoms with Crippen molar-refractivity contribution in [1.29, 1.82) is 0 Å². The SMILES string of the molecule is c1ccc(-c2cccc(-c3cc(-c4nc(-c5ccccc5)nc(-c5ccccc5)n4)cc(-c4cccc5c4oc4c(-c6ccccc6)cccc45)c3)c2)cc1. The van der Waals surface area contributed by atoms with E-state index in [1.807, 2.05) is 72.8 Å². The first-order valence-electron chi connectivity index (χ1n) is 18.4. The molecule has 0 unspecified atom stereocenters. The van der Waals surface area contributed by atoms with Crippen molar-refractivity contribution < 1.29 is 4.42 Å². The molecule has 0 atom stereocenters. The molecule has 258 valence electrons. The number of aromatic nitrogens is 3. The van der Waals surface area contributed by atoms with Crippen LogP contribution in [0.3, 0.4) is 0 Å². The molecule has 0 aliphatic carbocycles. The van der Waals surface area contributed by atoms with E-state index in [0.29, 0.717) is 17.5 Å². The van der Waals surface area contributed by atoms with Crippen LogP contribution in [0, 0.1) is 0 Å². The van der Waals surface area contributed by atoms with Crippen LogP contribution in [-0.4, -0.2) is 15.0 Å². The topological polar surface area (TPSA) is 51.8 Å². The number of furan rings is 1. The lowest BCUT2D eigenvalue weighted by molar-refractivity contribution is 0.671. The predicted octanol–water partition coefficient (Wildman–Crippen LogP) is 13.4. The summed E-state index contributed by atoms with van der Waals surface area (Å²) in [7, 11) is 0. The summed E-state index contributed by atoms with van der Waals surface area (Å²) in [5, 5.41) is 2.16. The number of nitrogens with zero attached hydrogens (tertiary/aromatic N) is 3.